The van der Waals surface area contributed by atoms with Crippen LogP contribution in [-0.2, 0) is 23.1 Å². The van der Waals surface area contributed by atoms with Gasteiger partial charge < -0.3 is 4.74 Å². The van der Waals surface area contributed by atoms with Crippen LogP contribution in [0.3, 0.4) is 0 Å². The van der Waals surface area contributed by atoms with E-state index >= 15 is 0 Å². The second-order valence-electron chi connectivity index (χ2n) is 9.48. The fourth-order valence-corrected chi connectivity index (χ4v) is 4.30. The highest BCUT2D eigenvalue weighted by Crippen LogP contribution is 2.28. The Morgan fingerprint density at radius 3 is 2.50 bits per heavy atom. The van der Waals surface area contributed by atoms with Gasteiger partial charge in [-0.1, -0.05) is 45.0 Å². The van der Waals surface area contributed by atoms with Crippen LogP contribution in [0.4, 0.5) is 0 Å². The van der Waals surface area contributed by atoms with Gasteiger partial charge in [-0.3, -0.25) is 14.6 Å². The van der Waals surface area contributed by atoms with Gasteiger partial charge in [0.05, 0.1) is 24.9 Å². The maximum atomic E-state index is 12.2. The summed E-state index contributed by atoms with van der Waals surface area (Å²) >= 11 is 0. The lowest BCUT2D eigenvalue weighted by molar-refractivity contribution is 0.00424. The van der Waals surface area contributed by atoms with Crippen molar-refractivity contribution in [1.29, 1.82) is 0 Å². The Labute approximate surface area is 179 Å². The molecule has 1 saturated heterocycles. The number of ether oxygens (including phenoxy) is 1. The lowest BCUT2D eigenvalue weighted by Gasteiger charge is -2.37. The number of hydrogen-bond acceptors (Lipinski definition) is 5. The Balaban J connectivity index is 1.28. The molecule has 4 rings (SSSR count). The lowest BCUT2D eigenvalue weighted by Crippen LogP contribution is -2.49. The van der Waals surface area contributed by atoms with Gasteiger partial charge in [-0.25, -0.2) is 4.68 Å². The summed E-state index contributed by atoms with van der Waals surface area (Å²) in [6, 6.07) is 12.2. The third-order valence-electron chi connectivity index (χ3n) is 6.24. The van der Waals surface area contributed by atoms with Gasteiger partial charge in [-0.05, 0) is 23.6 Å². The van der Waals surface area contributed by atoms with Crippen molar-refractivity contribution < 1.29 is 4.74 Å². The molecule has 1 atom stereocenters. The number of rotatable bonds is 5. The summed E-state index contributed by atoms with van der Waals surface area (Å²) < 4.78 is 7.71. The number of piperazine rings is 1. The Kier molecular flexibility index (Phi) is 6.37. The van der Waals surface area contributed by atoms with E-state index in [2.05, 4.69) is 59.9 Å². The molecule has 0 saturated carbocycles. The van der Waals surface area contributed by atoms with Gasteiger partial charge >= 0.3 is 0 Å². The first-order chi connectivity index (χ1) is 14.4. The van der Waals surface area contributed by atoms with E-state index in [-0.39, 0.29) is 17.1 Å². The monoisotopic (exact) mass is 410 g/mol. The smallest absolute Gasteiger partial charge is 0.266 e. The molecule has 0 aliphatic carbocycles. The molecule has 0 bridgehead atoms. The third-order valence-corrected chi connectivity index (χ3v) is 6.24. The SMILES string of the molecule is CC(C)(C)c1ccc(=O)n(CCN2CCN(CC3OCCc4ccccc43)CC2)n1. The predicted molar refractivity (Wildman–Crippen MR) is 119 cm³/mol. The predicted octanol–water partition coefficient (Wildman–Crippen LogP) is 2.47. The molecule has 6 heteroatoms. The maximum Gasteiger partial charge on any atom is 0.266 e. The first kappa shape index (κ1) is 21.2. The minimum atomic E-state index is -0.0547. The highest BCUT2D eigenvalue weighted by molar-refractivity contribution is 5.31. The van der Waals surface area contributed by atoms with Crippen LogP contribution < -0.4 is 5.56 Å². The number of aromatic nitrogens is 2. The number of nitrogens with zero attached hydrogens (tertiary/aromatic N) is 4. The fourth-order valence-electron chi connectivity index (χ4n) is 4.30. The van der Waals surface area contributed by atoms with Gasteiger partial charge in [0.15, 0.2) is 0 Å². The van der Waals surface area contributed by atoms with Gasteiger partial charge in [0.1, 0.15) is 0 Å². The summed E-state index contributed by atoms with van der Waals surface area (Å²) in [7, 11) is 0. The second-order valence-corrected chi connectivity index (χ2v) is 9.48. The van der Waals surface area contributed by atoms with Gasteiger partial charge in [-0.15, -0.1) is 0 Å². The molecule has 1 unspecified atom stereocenters. The van der Waals surface area contributed by atoms with Crippen LogP contribution >= 0.6 is 0 Å². The van der Waals surface area contributed by atoms with Crippen LogP contribution in [0.5, 0.6) is 0 Å². The van der Waals surface area contributed by atoms with E-state index in [0.717, 1.165) is 58.0 Å². The highest BCUT2D eigenvalue weighted by atomic mass is 16.5. The molecule has 30 heavy (non-hydrogen) atoms. The van der Waals surface area contributed by atoms with Crippen molar-refractivity contribution in [2.45, 2.75) is 45.3 Å². The summed E-state index contributed by atoms with van der Waals surface area (Å²) in [5.41, 5.74) is 3.67. The summed E-state index contributed by atoms with van der Waals surface area (Å²) in [4.78, 5) is 17.1. The maximum absolute atomic E-state index is 12.2. The van der Waals surface area contributed by atoms with Crippen molar-refractivity contribution in [2.75, 3.05) is 45.9 Å². The molecule has 1 aromatic heterocycles. The van der Waals surface area contributed by atoms with E-state index in [1.165, 1.54) is 11.1 Å². The van der Waals surface area contributed by atoms with Crippen molar-refractivity contribution in [3.05, 3.63) is 63.6 Å². The van der Waals surface area contributed by atoms with Crippen LogP contribution in [0.2, 0.25) is 0 Å². The van der Waals surface area contributed by atoms with E-state index in [4.69, 9.17) is 4.74 Å². The van der Waals surface area contributed by atoms with E-state index in [9.17, 15) is 4.79 Å². The minimum absolute atomic E-state index is 0.0188. The molecular formula is C24H34N4O2. The molecule has 2 aliphatic rings. The minimum Gasteiger partial charge on any atom is -0.372 e. The van der Waals surface area contributed by atoms with Gasteiger partial charge in [0, 0.05) is 50.7 Å². The normalized spacial score (nSPS) is 20.8. The van der Waals surface area contributed by atoms with Crippen molar-refractivity contribution in [3.63, 3.8) is 0 Å². The summed E-state index contributed by atoms with van der Waals surface area (Å²) in [6.07, 6.45) is 1.20. The van der Waals surface area contributed by atoms with Gasteiger partial charge in [0.25, 0.3) is 5.56 Å². The molecule has 162 valence electrons. The average molecular weight is 411 g/mol. The zero-order valence-electron chi connectivity index (χ0n) is 18.5. The molecule has 1 aromatic carbocycles. The molecule has 2 aromatic rings. The number of fused-ring (bicyclic) bond motifs is 1. The van der Waals surface area contributed by atoms with E-state index in [1.54, 1.807) is 10.7 Å². The Hall–Kier alpha value is -2.02. The molecule has 2 aliphatic heterocycles. The van der Waals surface area contributed by atoms with E-state index < -0.39 is 0 Å². The van der Waals surface area contributed by atoms with Crippen LogP contribution in [0.1, 0.15) is 43.7 Å². The average Bonchev–Trinajstić information content (AvgIpc) is 2.74. The largest absolute Gasteiger partial charge is 0.372 e. The standard InChI is InChI=1S/C24H34N4O2/c1-24(2,3)22-8-9-23(29)28(25-22)16-15-26-11-13-27(14-12-26)18-21-20-7-5-4-6-19(20)10-17-30-21/h4-9,21H,10-18H2,1-3H3. The summed E-state index contributed by atoms with van der Waals surface area (Å²) in [6.45, 7) is 13.7. The molecule has 0 amide bonds. The Morgan fingerprint density at radius 2 is 1.73 bits per heavy atom. The molecule has 0 spiro atoms. The van der Waals surface area contributed by atoms with E-state index in [1.807, 2.05) is 6.07 Å². The lowest BCUT2D eigenvalue weighted by atomic mass is 9.92. The van der Waals surface area contributed by atoms with Crippen LogP contribution in [0.15, 0.2) is 41.2 Å². The van der Waals surface area contributed by atoms with Crippen LogP contribution in [0, 0.1) is 0 Å². The topological polar surface area (TPSA) is 50.6 Å². The van der Waals surface area contributed by atoms with Crippen LogP contribution in [-0.4, -0.2) is 65.5 Å². The molecule has 3 heterocycles. The highest BCUT2D eigenvalue weighted by Gasteiger charge is 2.25. The van der Waals surface area contributed by atoms with Crippen molar-refractivity contribution >= 4 is 0 Å². The van der Waals surface area contributed by atoms with Crippen molar-refractivity contribution in [3.8, 4) is 0 Å². The molecule has 1 fully saturated rings. The first-order valence-electron chi connectivity index (χ1n) is 11.1. The third kappa shape index (κ3) is 4.99. The van der Waals surface area contributed by atoms with Crippen molar-refractivity contribution in [1.82, 2.24) is 19.6 Å². The number of hydrogen-bond donors (Lipinski definition) is 0. The van der Waals surface area contributed by atoms with Crippen LogP contribution in [0.25, 0.3) is 0 Å². The molecule has 6 nitrogen and oxygen atoms in total. The Bertz CT molecular complexity index is 910. The zero-order chi connectivity index (χ0) is 21.1. The first-order valence-corrected chi connectivity index (χ1v) is 11.1. The summed E-state index contributed by atoms with van der Waals surface area (Å²) in [5, 5.41) is 4.59. The van der Waals surface area contributed by atoms with Crippen molar-refractivity contribution in [2.24, 2.45) is 0 Å². The zero-order valence-corrected chi connectivity index (χ0v) is 18.5. The molecule has 0 radical (unpaired) electrons. The summed E-state index contributed by atoms with van der Waals surface area (Å²) in [5.74, 6) is 0. The quantitative estimate of drug-likeness (QED) is 0.758. The Morgan fingerprint density at radius 1 is 1.00 bits per heavy atom. The molecular weight excluding hydrogens is 376 g/mol. The van der Waals surface area contributed by atoms with Gasteiger partial charge in [0.2, 0.25) is 0 Å². The van der Waals surface area contributed by atoms with E-state index in [0.29, 0.717) is 6.54 Å². The number of benzene rings is 1. The fraction of sp³-hybridized carbons (Fsp3) is 0.583. The molecule has 0 N–H and O–H groups in total. The van der Waals surface area contributed by atoms with Gasteiger partial charge in [-0.2, -0.15) is 5.10 Å². The second kappa shape index (κ2) is 9.00.